The molecular formula is C7H13N5S. The molecule has 0 radical (unpaired) electrons. The molecule has 72 valence electrons. The first-order valence-electron chi connectivity index (χ1n) is 3.93. The van der Waals surface area contributed by atoms with Gasteiger partial charge in [-0.15, -0.1) is 10.2 Å². The Kier molecular flexibility index (Phi) is 3.18. The van der Waals surface area contributed by atoms with Crippen LogP contribution in [0, 0.1) is 12.3 Å². The highest BCUT2D eigenvalue weighted by atomic mass is 32.1. The fraction of sp³-hybridized carbons (Fsp3) is 0.571. The van der Waals surface area contributed by atoms with Crippen molar-refractivity contribution in [3.05, 3.63) is 5.01 Å². The highest BCUT2D eigenvalue weighted by Gasteiger charge is 2.05. The van der Waals surface area contributed by atoms with Gasteiger partial charge in [0.25, 0.3) is 0 Å². The second kappa shape index (κ2) is 4.18. The van der Waals surface area contributed by atoms with Crippen molar-refractivity contribution in [3.8, 4) is 0 Å². The van der Waals surface area contributed by atoms with Gasteiger partial charge in [0.15, 0.2) is 0 Å². The monoisotopic (exact) mass is 199 g/mol. The maximum absolute atomic E-state index is 7.07. The van der Waals surface area contributed by atoms with Gasteiger partial charge < -0.3 is 10.6 Å². The predicted octanol–water partition coefficient (Wildman–Crippen LogP) is 0.609. The highest BCUT2D eigenvalue weighted by Crippen LogP contribution is 2.17. The summed E-state index contributed by atoms with van der Waals surface area (Å²) in [6.07, 6.45) is 0.565. The Morgan fingerprint density at radius 1 is 1.62 bits per heavy atom. The maximum Gasteiger partial charge on any atom is 0.208 e. The number of nitrogens with zero attached hydrogens (tertiary/aromatic N) is 3. The van der Waals surface area contributed by atoms with Crippen LogP contribution in [0.15, 0.2) is 0 Å². The molecule has 1 aromatic rings. The van der Waals surface area contributed by atoms with Crippen molar-refractivity contribution < 1.29 is 0 Å². The van der Waals surface area contributed by atoms with Crippen molar-refractivity contribution >= 4 is 22.3 Å². The summed E-state index contributed by atoms with van der Waals surface area (Å²) < 4.78 is 0. The van der Waals surface area contributed by atoms with E-state index in [0.717, 1.165) is 10.1 Å². The predicted molar refractivity (Wildman–Crippen MR) is 54.4 cm³/mol. The standard InChI is InChI=1S/C7H13N5S/c1-5-10-11-7(13-5)12(2)4-3-6(8)9/h3-4H2,1-2H3,(H3,8,9). The number of nitrogens with one attached hydrogen (secondary N) is 1. The molecule has 5 nitrogen and oxygen atoms in total. The zero-order valence-corrected chi connectivity index (χ0v) is 8.56. The van der Waals surface area contributed by atoms with Crippen molar-refractivity contribution in [1.82, 2.24) is 10.2 Å². The zero-order chi connectivity index (χ0) is 9.84. The lowest BCUT2D eigenvalue weighted by Gasteiger charge is -2.13. The molecule has 0 unspecified atom stereocenters. The quantitative estimate of drug-likeness (QED) is 0.550. The number of aryl methyl sites for hydroxylation is 1. The summed E-state index contributed by atoms with van der Waals surface area (Å²) in [6.45, 7) is 2.63. The molecule has 13 heavy (non-hydrogen) atoms. The van der Waals surface area contributed by atoms with Gasteiger partial charge in [0.2, 0.25) is 5.13 Å². The number of aromatic nitrogens is 2. The molecule has 0 aliphatic carbocycles. The first-order chi connectivity index (χ1) is 6.09. The average molecular weight is 199 g/mol. The SMILES string of the molecule is Cc1nnc(N(C)CCC(=N)N)s1. The van der Waals surface area contributed by atoms with Crippen molar-refractivity contribution in [2.45, 2.75) is 13.3 Å². The van der Waals surface area contributed by atoms with Crippen LogP contribution in [0.1, 0.15) is 11.4 Å². The summed E-state index contributed by atoms with van der Waals surface area (Å²) in [5, 5.41) is 16.8. The van der Waals surface area contributed by atoms with Crippen LogP contribution < -0.4 is 10.6 Å². The zero-order valence-electron chi connectivity index (χ0n) is 7.74. The molecule has 1 heterocycles. The Labute approximate surface area is 81.1 Å². The molecule has 0 aliphatic heterocycles. The van der Waals surface area contributed by atoms with Crippen LogP contribution >= 0.6 is 11.3 Å². The van der Waals surface area contributed by atoms with Crippen LogP contribution in [0.2, 0.25) is 0 Å². The molecule has 0 fully saturated rings. The van der Waals surface area contributed by atoms with Gasteiger partial charge >= 0.3 is 0 Å². The third kappa shape index (κ3) is 2.98. The van der Waals surface area contributed by atoms with Gasteiger partial charge in [-0.2, -0.15) is 0 Å². The molecule has 6 heteroatoms. The van der Waals surface area contributed by atoms with Gasteiger partial charge in [-0.25, -0.2) is 0 Å². The van der Waals surface area contributed by atoms with E-state index < -0.39 is 0 Å². The first kappa shape index (κ1) is 9.91. The van der Waals surface area contributed by atoms with E-state index in [1.807, 2.05) is 18.9 Å². The van der Waals surface area contributed by atoms with E-state index in [4.69, 9.17) is 11.1 Å². The molecule has 0 bridgehead atoms. The summed E-state index contributed by atoms with van der Waals surface area (Å²) in [5.41, 5.74) is 5.25. The summed E-state index contributed by atoms with van der Waals surface area (Å²) in [7, 11) is 1.92. The molecule has 0 saturated heterocycles. The van der Waals surface area contributed by atoms with Gasteiger partial charge in [-0.1, -0.05) is 11.3 Å². The minimum Gasteiger partial charge on any atom is -0.388 e. The van der Waals surface area contributed by atoms with Crippen molar-refractivity contribution in [1.29, 1.82) is 5.41 Å². The Balaban J connectivity index is 2.48. The molecule has 0 aliphatic rings. The second-order valence-electron chi connectivity index (χ2n) is 2.80. The lowest BCUT2D eigenvalue weighted by atomic mass is 10.4. The lowest BCUT2D eigenvalue weighted by Crippen LogP contribution is -2.23. The number of amidine groups is 1. The summed E-state index contributed by atoms with van der Waals surface area (Å²) in [5.74, 6) is 0.202. The Hall–Kier alpha value is -1.17. The lowest BCUT2D eigenvalue weighted by molar-refractivity contribution is 0.884. The van der Waals surface area contributed by atoms with Crippen LogP contribution in [0.5, 0.6) is 0 Å². The van der Waals surface area contributed by atoms with Crippen molar-refractivity contribution in [2.24, 2.45) is 5.73 Å². The molecule has 0 spiro atoms. The second-order valence-corrected chi connectivity index (χ2v) is 3.96. The van der Waals surface area contributed by atoms with Gasteiger partial charge in [0.1, 0.15) is 5.01 Å². The maximum atomic E-state index is 7.07. The van der Waals surface area contributed by atoms with Gasteiger partial charge in [-0.3, -0.25) is 5.41 Å². The van der Waals surface area contributed by atoms with Crippen molar-refractivity contribution in [2.75, 3.05) is 18.5 Å². The number of rotatable bonds is 4. The van der Waals surface area contributed by atoms with E-state index in [1.54, 1.807) is 0 Å². The largest absolute Gasteiger partial charge is 0.388 e. The molecule has 0 atom stereocenters. The van der Waals surface area contributed by atoms with Gasteiger partial charge in [0, 0.05) is 20.0 Å². The molecule has 1 rings (SSSR count). The number of anilines is 1. The highest BCUT2D eigenvalue weighted by molar-refractivity contribution is 7.15. The third-order valence-electron chi connectivity index (χ3n) is 1.56. The van der Waals surface area contributed by atoms with Gasteiger partial charge in [-0.05, 0) is 6.92 Å². The van der Waals surface area contributed by atoms with E-state index in [0.29, 0.717) is 13.0 Å². The minimum atomic E-state index is 0.202. The van der Waals surface area contributed by atoms with Crippen molar-refractivity contribution in [3.63, 3.8) is 0 Å². The van der Waals surface area contributed by atoms with E-state index >= 15 is 0 Å². The van der Waals surface area contributed by atoms with E-state index in [2.05, 4.69) is 10.2 Å². The molecule has 1 aromatic heterocycles. The number of hydrogen-bond acceptors (Lipinski definition) is 5. The van der Waals surface area contributed by atoms with Crippen LogP contribution in [0.4, 0.5) is 5.13 Å². The van der Waals surface area contributed by atoms with Crippen LogP contribution in [-0.4, -0.2) is 29.6 Å². The number of hydrogen-bond donors (Lipinski definition) is 2. The molecular weight excluding hydrogens is 186 g/mol. The summed E-state index contributed by atoms with van der Waals surface area (Å²) in [6, 6.07) is 0. The Morgan fingerprint density at radius 3 is 2.77 bits per heavy atom. The molecule has 0 saturated carbocycles. The normalized spacial score (nSPS) is 10.0. The first-order valence-corrected chi connectivity index (χ1v) is 4.75. The average Bonchev–Trinajstić information content (AvgIpc) is 2.47. The smallest absolute Gasteiger partial charge is 0.208 e. The summed E-state index contributed by atoms with van der Waals surface area (Å²) in [4.78, 5) is 1.95. The third-order valence-corrected chi connectivity index (χ3v) is 2.51. The Bertz CT molecular complexity index is 295. The van der Waals surface area contributed by atoms with Crippen LogP contribution in [0.3, 0.4) is 0 Å². The molecule has 0 aromatic carbocycles. The topological polar surface area (TPSA) is 78.9 Å². The fourth-order valence-corrected chi connectivity index (χ4v) is 1.50. The fourth-order valence-electron chi connectivity index (χ4n) is 0.824. The van der Waals surface area contributed by atoms with Crippen LogP contribution in [-0.2, 0) is 0 Å². The van der Waals surface area contributed by atoms with E-state index in [-0.39, 0.29) is 5.84 Å². The van der Waals surface area contributed by atoms with Gasteiger partial charge in [0.05, 0.1) is 5.84 Å². The molecule has 3 N–H and O–H groups in total. The van der Waals surface area contributed by atoms with Crippen LogP contribution in [0.25, 0.3) is 0 Å². The minimum absolute atomic E-state index is 0.202. The number of nitrogens with two attached hydrogens (primary N) is 1. The Morgan fingerprint density at radius 2 is 2.31 bits per heavy atom. The molecule has 0 amide bonds. The summed E-state index contributed by atoms with van der Waals surface area (Å²) >= 11 is 1.54. The van der Waals surface area contributed by atoms with E-state index in [9.17, 15) is 0 Å². The van der Waals surface area contributed by atoms with E-state index in [1.165, 1.54) is 11.3 Å².